The summed E-state index contributed by atoms with van der Waals surface area (Å²) in [5.41, 5.74) is 6.82. The molecule has 126 valence electrons. The van der Waals surface area contributed by atoms with Gasteiger partial charge in [-0.1, -0.05) is 37.6 Å². The molecule has 0 radical (unpaired) electrons. The lowest BCUT2D eigenvalue weighted by atomic mass is 9.84. The molecule has 0 saturated heterocycles. The van der Waals surface area contributed by atoms with Gasteiger partial charge < -0.3 is 11.1 Å². The van der Waals surface area contributed by atoms with Crippen LogP contribution in [-0.4, -0.2) is 24.0 Å². The number of nitrogens with two attached hydrogens (primary N) is 1. The fourth-order valence-electron chi connectivity index (χ4n) is 2.06. The van der Waals surface area contributed by atoms with Crippen molar-refractivity contribution >= 4 is 41.3 Å². The Morgan fingerprint density at radius 2 is 2.17 bits per heavy atom. The molecule has 2 aromatic rings. The number of hydrogen-bond donors (Lipinski definition) is 2. The summed E-state index contributed by atoms with van der Waals surface area (Å²) in [4.78, 5) is 16.5. The Bertz CT molecular complexity index is 658. The standard InChI is InChI=1S/C16H20ClN3OS.ClH/c1-16(2,11-4-3-5-12(17)8-11)10-19-15(21)13-9-22-14(20-13)6-7-18;/h3-5,8-9H,6-7,10,18H2,1-2H3,(H,19,21);1H. The van der Waals surface area contributed by atoms with E-state index in [9.17, 15) is 4.79 Å². The first-order chi connectivity index (χ1) is 10.4. The number of aromatic nitrogens is 1. The van der Waals surface area contributed by atoms with Crippen LogP contribution in [0.15, 0.2) is 29.6 Å². The number of carbonyl (C=O) groups excluding carboxylic acids is 1. The maximum atomic E-state index is 12.2. The van der Waals surface area contributed by atoms with Crippen LogP contribution in [0.5, 0.6) is 0 Å². The number of carbonyl (C=O) groups is 1. The molecule has 1 aromatic heterocycles. The van der Waals surface area contributed by atoms with E-state index in [-0.39, 0.29) is 23.7 Å². The van der Waals surface area contributed by atoms with Crippen molar-refractivity contribution in [1.82, 2.24) is 10.3 Å². The van der Waals surface area contributed by atoms with Gasteiger partial charge in [-0.15, -0.1) is 23.7 Å². The molecule has 0 aliphatic rings. The van der Waals surface area contributed by atoms with Crippen LogP contribution in [0.2, 0.25) is 5.02 Å². The topological polar surface area (TPSA) is 68.0 Å². The highest BCUT2D eigenvalue weighted by Crippen LogP contribution is 2.25. The Hall–Kier alpha value is -1.14. The summed E-state index contributed by atoms with van der Waals surface area (Å²) in [6, 6.07) is 7.70. The van der Waals surface area contributed by atoms with Crippen LogP contribution >= 0.6 is 35.3 Å². The predicted octanol–water partition coefficient (Wildman–Crippen LogP) is 3.43. The second-order valence-electron chi connectivity index (χ2n) is 5.74. The summed E-state index contributed by atoms with van der Waals surface area (Å²) in [6.45, 7) is 5.19. The Labute approximate surface area is 151 Å². The number of hydrogen-bond acceptors (Lipinski definition) is 4. The quantitative estimate of drug-likeness (QED) is 0.814. The molecule has 0 fully saturated rings. The van der Waals surface area contributed by atoms with Gasteiger partial charge in [-0.05, 0) is 24.2 Å². The van der Waals surface area contributed by atoms with Gasteiger partial charge in [0.15, 0.2) is 0 Å². The van der Waals surface area contributed by atoms with Gasteiger partial charge in [0.1, 0.15) is 5.69 Å². The number of nitrogens with one attached hydrogen (secondary N) is 1. The van der Waals surface area contributed by atoms with Gasteiger partial charge in [0.25, 0.3) is 5.91 Å². The van der Waals surface area contributed by atoms with Crippen molar-refractivity contribution in [2.24, 2.45) is 5.73 Å². The second kappa shape index (κ2) is 8.64. The van der Waals surface area contributed by atoms with Gasteiger partial charge in [0.05, 0.1) is 5.01 Å². The predicted molar refractivity (Wildman–Crippen MR) is 98.9 cm³/mol. The molecule has 0 unspecified atom stereocenters. The molecule has 4 nitrogen and oxygen atoms in total. The summed E-state index contributed by atoms with van der Waals surface area (Å²) in [6.07, 6.45) is 0.700. The smallest absolute Gasteiger partial charge is 0.270 e. The first-order valence-corrected chi connectivity index (χ1v) is 8.37. The molecule has 1 amide bonds. The maximum absolute atomic E-state index is 12.2. The summed E-state index contributed by atoms with van der Waals surface area (Å²) in [5, 5.41) is 6.30. The Balaban J connectivity index is 0.00000264. The SMILES string of the molecule is CC(C)(CNC(=O)c1csc(CCN)n1)c1cccc(Cl)c1.Cl. The van der Waals surface area contributed by atoms with Crippen LogP contribution in [0.3, 0.4) is 0 Å². The molecule has 0 saturated carbocycles. The van der Waals surface area contributed by atoms with Gasteiger partial charge in [0.2, 0.25) is 0 Å². The summed E-state index contributed by atoms with van der Waals surface area (Å²) in [7, 11) is 0. The third kappa shape index (κ3) is 5.46. The number of benzene rings is 1. The van der Waals surface area contributed by atoms with Crippen molar-refractivity contribution in [2.45, 2.75) is 25.7 Å². The monoisotopic (exact) mass is 373 g/mol. The fraction of sp³-hybridized carbons (Fsp3) is 0.375. The number of halogens is 2. The largest absolute Gasteiger partial charge is 0.350 e. The minimum absolute atomic E-state index is 0. The molecular formula is C16H21Cl2N3OS. The van der Waals surface area contributed by atoms with Crippen LogP contribution in [0.4, 0.5) is 0 Å². The average molecular weight is 374 g/mol. The average Bonchev–Trinajstić information content (AvgIpc) is 2.94. The Kier molecular flexibility index (Phi) is 7.48. The number of amides is 1. The summed E-state index contributed by atoms with van der Waals surface area (Å²) < 4.78 is 0. The molecule has 0 bridgehead atoms. The number of rotatable bonds is 6. The van der Waals surface area contributed by atoms with Crippen molar-refractivity contribution < 1.29 is 4.79 Å². The van der Waals surface area contributed by atoms with E-state index < -0.39 is 0 Å². The molecule has 7 heteroatoms. The highest BCUT2D eigenvalue weighted by Gasteiger charge is 2.22. The van der Waals surface area contributed by atoms with Gasteiger partial charge in [-0.3, -0.25) is 4.79 Å². The van der Waals surface area contributed by atoms with Gasteiger partial charge in [0, 0.05) is 28.8 Å². The highest BCUT2D eigenvalue weighted by atomic mass is 35.5. The minimum Gasteiger partial charge on any atom is -0.350 e. The molecule has 1 heterocycles. The fourth-order valence-corrected chi connectivity index (χ4v) is 3.04. The van der Waals surface area contributed by atoms with E-state index in [1.165, 1.54) is 11.3 Å². The molecule has 0 atom stereocenters. The zero-order chi connectivity index (χ0) is 16.2. The van der Waals surface area contributed by atoms with Crippen LogP contribution in [0, 0.1) is 0 Å². The normalized spacial score (nSPS) is 11.0. The van der Waals surface area contributed by atoms with Gasteiger partial charge in [-0.25, -0.2) is 4.98 Å². The molecule has 0 spiro atoms. The van der Waals surface area contributed by atoms with E-state index in [0.29, 0.717) is 30.2 Å². The number of nitrogens with zero attached hydrogens (tertiary/aromatic N) is 1. The van der Waals surface area contributed by atoms with E-state index in [0.717, 1.165) is 10.6 Å². The molecule has 23 heavy (non-hydrogen) atoms. The van der Waals surface area contributed by atoms with Crippen molar-refractivity contribution in [1.29, 1.82) is 0 Å². The van der Waals surface area contributed by atoms with Crippen molar-refractivity contribution in [3.63, 3.8) is 0 Å². The van der Waals surface area contributed by atoms with E-state index in [1.54, 1.807) is 5.38 Å². The lowest BCUT2D eigenvalue weighted by molar-refractivity contribution is 0.0941. The zero-order valence-electron chi connectivity index (χ0n) is 13.1. The molecule has 0 aliphatic carbocycles. The van der Waals surface area contributed by atoms with Crippen LogP contribution in [0.25, 0.3) is 0 Å². The Morgan fingerprint density at radius 3 is 2.83 bits per heavy atom. The summed E-state index contributed by atoms with van der Waals surface area (Å²) >= 11 is 7.50. The van der Waals surface area contributed by atoms with E-state index in [1.807, 2.05) is 24.3 Å². The molecular weight excluding hydrogens is 353 g/mol. The first-order valence-electron chi connectivity index (χ1n) is 7.11. The minimum atomic E-state index is -0.212. The molecule has 1 aromatic carbocycles. The first kappa shape index (κ1) is 19.9. The highest BCUT2D eigenvalue weighted by molar-refractivity contribution is 7.09. The lowest BCUT2D eigenvalue weighted by Crippen LogP contribution is -2.36. The van der Waals surface area contributed by atoms with Crippen molar-refractivity contribution in [3.8, 4) is 0 Å². The number of thiazole rings is 1. The van der Waals surface area contributed by atoms with Crippen molar-refractivity contribution in [3.05, 3.63) is 50.9 Å². The third-order valence-electron chi connectivity index (χ3n) is 3.44. The van der Waals surface area contributed by atoms with Crippen LogP contribution in [-0.2, 0) is 11.8 Å². The molecule has 0 aliphatic heterocycles. The maximum Gasteiger partial charge on any atom is 0.270 e. The Morgan fingerprint density at radius 1 is 1.43 bits per heavy atom. The van der Waals surface area contributed by atoms with Gasteiger partial charge in [-0.2, -0.15) is 0 Å². The van der Waals surface area contributed by atoms with E-state index in [2.05, 4.69) is 24.1 Å². The molecule has 2 rings (SSSR count). The second-order valence-corrected chi connectivity index (χ2v) is 7.12. The van der Waals surface area contributed by atoms with E-state index >= 15 is 0 Å². The van der Waals surface area contributed by atoms with Gasteiger partial charge >= 0.3 is 0 Å². The zero-order valence-corrected chi connectivity index (χ0v) is 15.5. The van der Waals surface area contributed by atoms with Crippen molar-refractivity contribution in [2.75, 3.05) is 13.1 Å². The van der Waals surface area contributed by atoms with Crippen LogP contribution in [0.1, 0.15) is 34.9 Å². The van der Waals surface area contributed by atoms with Crippen LogP contribution < -0.4 is 11.1 Å². The summed E-state index contributed by atoms with van der Waals surface area (Å²) in [5.74, 6) is -0.158. The molecule has 3 N–H and O–H groups in total. The lowest BCUT2D eigenvalue weighted by Gasteiger charge is -2.25. The third-order valence-corrected chi connectivity index (χ3v) is 4.58. The van der Waals surface area contributed by atoms with E-state index in [4.69, 9.17) is 17.3 Å².